The SMILES string of the molecule is CC(C)(C)c1nc(N2CCC[C@H]2C(=O)O)no1. The standard InChI is InChI=1S/C11H17N3O3/c1-11(2,3)9-12-10(13-17-9)14-6-4-5-7(14)8(15)16/h7H,4-6H2,1-3H3,(H,15,16)/t7-/m0/s1. The molecule has 6 heteroatoms. The fourth-order valence-corrected chi connectivity index (χ4v) is 1.90. The van der Waals surface area contributed by atoms with Crippen molar-refractivity contribution in [3.63, 3.8) is 0 Å². The average molecular weight is 239 g/mol. The van der Waals surface area contributed by atoms with E-state index in [9.17, 15) is 4.79 Å². The van der Waals surface area contributed by atoms with Crippen molar-refractivity contribution in [1.82, 2.24) is 10.1 Å². The predicted molar refractivity (Wildman–Crippen MR) is 61.0 cm³/mol. The average Bonchev–Trinajstić information content (AvgIpc) is 2.85. The van der Waals surface area contributed by atoms with Gasteiger partial charge in [-0.1, -0.05) is 20.8 Å². The van der Waals surface area contributed by atoms with Gasteiger partial charge in [0.1, 0.15) is 6.04 Å². The van der Waals surface area contributed by atoms with Crippen molar-refractivity contribution in [2.24, 2.45) is 0 Å². The van der Waals surface area contributed by atoms with Gasteiger partial charge in [-0.2, -0.15) is 4.98 Å². The number of nitrogens with zero attached hydrogens (tertiary/aromatic N) is 3. The van der Waals surface area contributed by atoms with Crippen LogP contribution in [0.1, 0.15) is 39.5 Å². The van der Waals surface area contributed by atoms with Crippen molar-refractivity contribution < 1.29 is 14.4 Å². The summed E-state index contributed by atoms with van der Waals surface area (Å²) in [5.74, 6) is 0.0907. The van der Waals surface area contributed by atoms with Gasteiger partial charge in [0.05, 0.1) is 0 Å². The summed E-state index contributed by atoms with van der Waals surface area (Å²) in [5.41, 5.74) is -0.219. The van der Waals surface area contributed by atoms with Crippen molar-refractivity contribution in [1.29, 1.82) is 0 Å². The third kappa shape index (κ3) is 2.25. The molecule has 2 rings (SSSR count). The highest BCUT2D eigenvalue weighted by Gasteiger charge is 2.34. The number of hydrogen-bond donors (Lipinski definition) is 1. The van der Waals surface area contributed by atoms with Gasteiger partial charge in [0.2, 0.25) is 5.89 Å². The molecule has 0 amide bonds. The summed E-state index contributed by atoms with van der Waals surface area (Å²) < 4.78 is 5.17. The van der Waals surface area contributed by atoms with Gasteiger partial charge in [-0.25, -0.2) is 4.79 Å². The normalized spacial score (nSPS) is 20.9. The number of carboxylic acid groups (broad SMARTS) is 1. The van der Waals surface area contributed by atoms with Gasteiger partial charge >= 0.3 is 5.97 Å². The third-order valence-corrected chi connectivity index (χ3v) is 2.85. The highest BCUT2D eigenvalue weighted by atomic mass is 16.5. The third-order valence-electron chi connectivity index (χ3n) is 2.85. The van der Waals surface area contributed by atoms with Gasteiger partial charge in [0.25, 0.3) is 5.95 Å². The van der Waals surface area contributed by atoms with E-state index in [1.54, 1.807) is 4.90 Å². The molecule has 1 fully saturated rings. The second-order valence-electron chi connectivity index (χ2n) is 5.34. The van der Waals surface area contributed by atoms with Crippen molar-refractivity contribution >= 4 is 11.9 Å². The Morgan fingerprint density at radius 3 is 2.76 bits per heavy atom. The first kappa shape index (κ1) is 11.9. The monoisotopic (exact) mass is 239 g/mol. The van der Waals surface area contributed by atoms with Gasteiger partial charge in [-0.3, -0.25) is 0 Å². The molecule has 0 aliphatic carbocycles. The van der Waals surface area contributed by atoms with Crippen LogP contribution in [0.2, 0.25) is 0 Å². The molecule has 0 aromatic carbocycles. The molecule has 1 atom stereocenters. The van der Waals surface area contributed by atoms with E-state index in [1.165, 1.54) is 0 Å². The molecule has 0 unspecified atom stereocenters. The lowest BCUT2D eigenvalue weighted by Gasteiger charge is -2.18. The van der Waals surface area contributed by atoms with Crippen LogP contribution in [-0.4, -0.2) is 33.8 Å². The molecular weight excluding hydrogens is 222 g/mol. The van der Waals surface area contributed by atoms with Gasteiger partial charge in [0.15, 0.2) is 0 Å². The van der Waals surface area contributed by atoms with Crippen LogP contribution < -0.4 is 4.90 Å². The Morgan fingerprint density at radius 2 is 2.24 bits per heavy atom. The van der Waals surface area contributed by atoms with Gasteiger partial charge < -0.3 is 14.5 Å². The van der Waals surface area contributed by atoms with E-state index in [-0.39, 0.29) is 5.41 Å². The van der Waals surface area contributed by atoms with Crippen LogP contribution in [0.5, 0.6) is 0 Å². The molecule has 1 aliphatic heterocycles. The lowest BCUT2D eigenvalue weighted by molar-refractivity contribution is -0.138. The fourth-order valence-electron chi connectivity index (χ4n) is 1.90. The molecular formula is C11H17N3O3. The lowest BCUT2D eigenvalue weighted by atomic mass is 9.97. The zero-order valence-corrected chi connectivity index (χ0v) is 10.3. The molecule has 6 nitrogen and oxygen atoms in total. The van der Waals surface area contributed by atoms with Crippen molar-refractivity contribution in [2.45, 2.75) is 45.1 Å². The molecule has 1 N–H and O–H groups in total. The van der Waals surface area contributed by atoms with Crippen LogP contribution in [0.3, 0.4) is 0 Å². The van der Waals surface area contributed by atoms with Gasteiger partial charge in [-0.05, 0) is 18.0 Å². The maximum atomic E-state index is 11.1. The zero-order chi connectivity index (χ0) is 12.6. The lowest BCUT2D eigenvalue weighted by Crippen LogP contribution is -2.36. The van der Waals surface area contributed by atoms with Gasteiger partial charge in [0, 0.05) is 12.0 Å². The Balaban J connectivity index is 2.23. The van der Waals surface area contributed by atoms with Crippen LogP contribution in [0, 0.1) is 0 Å². The van der Waals surface area contributed by atoms with Crippen molar-refractivity contribution in [2.75, 3.05) is 11.4 Å². The van der Waals surface area contributed by atoms with E-state index >= 15 is 0 Å². The maximum Gasteiger partial charge on any atom is 0.326 e. The van der Waals surface area contributed by atoms with E-state index < -0.39 is 12.0 Å². The second kappa shape index (κ2) is 4.01. The molecule has 1 aliphatic rings. The van der Waals surface area contributed by atoms with Crippen LogP contribution in [0.4, 0.5) is 5.95 Å². The van der Waals surface area contributed by atoms with E-state index in [0.29, 0.717) is 24.8 Å². The summed E-state index contributed by atoms with van der Waals surface area (Å²) in [7, 11) is 0. The minimum atomic E-state index is -0.829. The minimum absolute atomic E-state index is 0.219. The molecule has 1 saturated heterocycles. The predicted octanol–water partition coefficient (Wildman–Crippen LogP) is 1.42. The Bertz CT molecular complexity index is 422. The molecule has 0 spiro atoms. The number of carbonyl (C=O) groups is 1. The molecule has 1 aromatic rings. The number of carboxylic acids is 1. The maximum absolute atomic E-state index is 11.1. The largest absolute Gasteiger partial charge is 0.480 e. The highest BCUT2D eigenvalue weighted by molar-refractivity contribution is 5.77. The second-order valence-corrected chi connectivity index (χ2v) is 5.34. The number of rotatable bonds is 2. The van der Waals surface area contributed by atoms with Crippen LogP contribution >= 0.6 is 0 Å². The summed E-state index contributed by atoms with van der Waals surface area (Å²) in [6.45, 7) is 6.59. The minimum Gasteiger partial charge on any atom is -0.480 e. The molecule has 0 radical (unpaired) electrons. The summed E-state index contributed by atoms with van der Waals surface area (Å²) in [6.07, 6.45) is 1.48. The zero-order valence-electron chi connectivity index (χ0n) is 10.3. The Kier molecular flexibility index (Phi) is 2.81. The highest BCUT2D eigenvalue weighted by Crippen LogP contribution is 2.26. The van der Waals surface area contributed by atoms with Crippen LogP contribution in [0.15, 0.2) is 4.52 Å². The van der Waals surface area contributed by atoms with Crippen molar-refractivity contribution in [3.05, 3.63) is 5.89 Å². The summed E-state index contributed by atoms with van der Waals surface area (Å²) in [6, 6.07) is -0.527. The van der Waals surface area contributed by atoms with E-state index in [1.807, 2.05) is 20.8 Å². The van der Waals surface area contributed by atoms with Crippen LogP contribution in [-0.2, 0) is 10.2 Å². The smallest absolute Gasteiger partial charge is 0.326 e. The number of aliphatic carboxylic acids is 1. The summed E-state index contributed by atoms with van der Waals surface area (Å²) in [5, 5.41) is 13.0. The Hall–Kier alpha value is -1.59. The Morgan fingerprint density at radius 1 is 1.53 bits per heavy atom. The number of anilines is 1. The van der Waals surface area contributed by atoms with Crippen LogP contribution in [0.25, 0.3) is 0 Å². The first-order chi connectivity index (χ1) is 7.89. The van der Waals surface area contributed by atoms with Crippen molar-refractivity contribution in [3.8, 4) is 0 Å². The molecule has 2 heterocycles. The molecule has 17 heavy (non-hydrogen) atoms. The van der Waals surface area contributed by atoms with E-state index in [4.69, 9.17) is 9.63 Å². The molecule has 1 aromatic heterocycles. The molecule has 94 valence electrons. The Labute approximate surface area is 99.6 Å². The molecule has 0 saturated carbocycles. The first-order valence-electron chi connectivity index (χ1n) is 5.73. The van der Waals surface area contributed by atoms with E-state index in [0.717, 1.165) is 6.42 Å². The number of hydrogen-bond acceptors (Lipinski definition) is 5. The fraction of sp³-hybridized carbons (Fsp3) is 0.727. The van der Waals surface area contributed by atoms with E-state index in [2.05, 4.69) is 10.1 Å². The summed E-state index contributed by atoms with van der Waals surface area (Å²) >= 11 is 0. The van der Waals surface area contributed by atoms with Gasteiger partial charge in [-0.15, -0.1) is 0 Å². The summed E-state index contributed by atoms with van der Waals surface area (Å²) in [4.78, 5) is 17.0. The number of aromatic nitrogens is 2. The topological polar surface area (TPSA) is 79.5 Å². The quantitative estimate of drug-likeness (QED) is 0.840. The molecule has 0 bridgehead atoms. The first-order valence-corrected chi connectivity index (χ1v) is 5.73.